The summed E-state index contributed by atoms with van der Waals surface area (Å²) in [5.74, 6) is -0.273. The molecule has 38 heavy (non-hydrogen) atoms. The van der Waals surface area contributed by atoms with Crippen LogP contribution in [0.2, 0.25) is 0 Å². The maximum Gasteiger partial charge on any atom is 0.303 e. The molecule has 12 heteroatoms. The van der Waals surface area contributed by atoms with E-state index in [9.17, 15) is 9.18 Å². The van der Waals surface area contributed by atoms with Crippen LogP contribution in [0.3, 0.4) is 0 Å². The predicted octanol–water partition coefficient (Wildman–Crippen LogP) is 2.90. The molecule has 0 spiro atoms. The van der Waals surface area contributed by atoms with Gasteiger partial charge in [-0.25, -0.2) is 9.37 Å². The number of carboxylic acid groups (broad SMARTS) is 1. The van der Waals surface area contributed by atoms with Crippen molar-refractivity contribution in [3.8, 4) is 11.5 Å². The maximum atomic E-state index is 14.7. The number of nitrogens with zero attached hydrogens (tertiary/aromatic N) is 7. The third-order valence-electron chi connectivity index (χ3n) is 6.98. The molecule has 196 valence electrons. The van der Waals surface area contributed by atoms with Gasteiger partial charge in [0.2, 0.25) is 5.95 Å². The van der Waals surface area contributed by atoms with Crippen molar-refractivity contribution in [1.82, 2.24) is 29.0 Å². The van der Waals surface area contributed by atoms with E-state index in [4.69, 9.17) is 15.3 Å². The van der Waals surface area contributed by atoms with Gasteiger partial charge in [0.15, 0.2) is 11.4 Å². The molecule has 1 aliphatic heterocycles. The number of aromatic nitrogens is 5. The summed E-state index contributed by atoms with van der Waals surface area (Å²) in [5.41, 5.74) is 10.3. The third-order valence-corrected chi connectivity index (χ3v) is 6.98. The summed E-state index contributed by atoms with van der Waals surface area (Å²) < 4.78 is 23.8. The van der Waals surface area contributed by atoms with E-state index in [2.05, 4.69) is 20.0 Å². The second-order valence-electron chi connectivity index (χ2n) is 9.39. The Morgan fingerprint density at radius 1 is 1.13 bits per heavy atom. The molecule has 3 N–H and O–H groups in total. The lowest BCUT2D eigenvalue weighted by Crippen LogP contribution is -2.47. The van der Waals surface area contributed by atoms with Gasteiger partial charge in [-0.1, -0.05) is 6.07 Å². The molecule has 1 saturated heterocycles. The molecular weight excluding hydrogens is 491 g/mol. The van der Waals surface area contributed by atoms with Crippen molar-refractivity contribution in [3.05, 3.63) is 60.4 Å². The lowest BCUT2D eigenvalue weighted by Gasteiger charge is -2.36. The number of aliphatic carboxylic acids is 1. The zero-order chi connectivity index (χ0) is 26.2. The van der Waals surface area contributed by atoms with Crippen LogP contribution in [0.5, 0.6) is 0 Å². The Bertz CT molecular complexity index is 1600. The molecule has 11 nitrogen and oxygen atoms in total. The van der Waals surface area contributed by atoms with Gasteiger partial charge in [-0.2, -0.15) is 14.6 Å². The Kier molecular flexibility index (Phi) is 6.16. The molecule has 1 aromatic carbocycles. The van der Waals surface area contributed by atoms with E-state index in [1.165, 1.54) is 6.07 Å². The van der Waals surface area contributed by atoms with Gasteiger partial charge in [0.25, 0.3) is 0 Å². The van der Waals surface area contributed by atoms with Crippen LogP contribution in [-0.2, 0) is 17.8 Å². The molecule has 0 bridgehead atoms. The van der Waals surface area contributed by atoms with E-state index < -0.39 is 5.97 Å². The number of anilines is 2. The minimum absolute atomic E-state index is 0.00882. The van der Waals surface area contributed by atoms with Crippen molar-refractivity contribution in [2.45, 2.75) is 19.4 Å². The first-order valence-corrected chi connectivity index (χ1v) is 12.5. The highest BCUT2D eigenvalue weighted by Gasteiger charge is 2.21. The number of nitrogens with two attached hydrogens (primary N) is 1. The molecule has 0 saturated carbocycles. The summed E-state index contributed by atoms with van der Waals surface area (Å²) >= 11 is 0. The number of carboxylic acids is 1. The number of aryl methyl sites for hydroxylation is 1. The Balaban J connectivity index is 1.10. The number of carbonyl (C=O) groups is 1. The minimum atomic E-state index is -0.886. The first-order chi connectivity index (χ1) is 18.5. The summed E-state index contributed by atoms with van der Waals surface area (Å²) in [6.07, 6.45) is 3.68. The number of furan rings is 1. The zero-order valence-electron chi connectivity index (χ0n) is 20.6. The van der Waals surface area contributed by atoms with Crippen LogP contribution in [0.1, 0.15) is 12.0 Å². The average molecular weight is 519 g/mol. The van der Waals surface area contributed by atoms with E-state index in [0.29, 0.717) is 54.4 Å². The fourth-order valence-electron chi connectivity index (χ4n) is 4.94. The molecule has 0 unspecified atom stereocenters. The molecule has 0 radical (unpaired) electrons. The van der Waals surface area contributed by atoms with Gasteiger partial charge in [0, 0.05) is 45.7 Å². The van der Waals surface area contributed by atoms with Crippen molar-refractivity contribution >= 4 is 34.3 Å². The largest absolute Gasteiger partial charge is 0.481 e. The molecule has 5 aromatic rings. The standard InChI is InChI=1S/C26H27FN8O3/c27-18-14-17(4-6-23(36)37)3-5-20(18)33-10-7-32(8-11-33)9-12-34-16-29-24-21-15-19(22-2-1-13-38-22)31-35(21)26(28)30-25(24)34/h1-3,5,13-16H,4,6-12H2,(H2,28,30)(H,36,37). The summed E-state index contributed by atoms with van der Waals surface area (Å²) in [7, 11) is 0. The van der Waals surface area contributed by atoms with Crippen molar-refractivity contribution < 1.29 is 18.7 Å². The number of imidazole rings is 1. The van der Waals surface area contributed by atoms with Crippen LogP contribution in [0.25, 0.3) is 28.1 Å². The number of benzene rings is 1. The first-order valence-electron chi connectivity index (χ1n) is 12.5. The van der Waals surface area contributed by atoms with Gasteiger partial charge in [0.05, 0.1) is 18.3 Å². The fourth-order valence-corrected chi connectivity index (χ4v) is 4.94. The van der Waals surface area contributed by atoms with Crippen LogP contribution >= 0.6 is 0 Å². The normalized spacial score (nSPS) is 14.6. The summed E-state index contributed by atoms with van der Waals surface area (Å²) in [5, 5.41) is 13.4. The highest BCUT2D eigenvalue weighted by molar-refractivity contribution is 5.90. The summed E-state index contributed by atoms with van der Waals surface area (Å²) in [6, 6.07) is 10.6. The van der Waals surface area contributed by atoms with Crippen LogP contribution in [0.4, 0.5) is 16.0 Å². The van der Waals surface area contributed by atoms with Crippen molar-refractivity contribution in [1.29, 1.82) is 0 Å². The van der Waals surface area contributed by atoms with Gasteiger partial charge in [0.1, 0.15) is 22.5 Å². The van der Waals surface area contributed by atoms with E-state index in [-0.39, 0.29) is 18.2 Å². The number of nitrogen functional groups attached to an aromatic ring is 1. The van der Waals surface area contributed by atoms with E-state index in [1.807, 2.05) is 33.7 Å². The van der Waals surface area contributed by atoms with E-state index in [1.54, 1.807) is 23.2 Å². The minimum Gasteiger partial charge on any atom is -0.481 e. The fraction of sp³-hybridized carbons (Fsp3) is 0.308. The monoisotopic (exact) mass is 518 g/mol. The van der Waals surface area contributed by atoms with Gasteiger partial charge < -0.3 is 24.7 Å². The number of hydrogen-bond acceptors (Lipinski definition) is 8. The van der Waals surface area contributed by atoms with Gasteiger partial charge in [-0.15, -0.1) is 0 Å². The Hall–Kier alpha value is -4.45. The van der Waals surface area contributed by atoms with Gasteiger partial charge >= 0.3 is 5.97 Å². The quantitative estimate of drug-likeness (QED) is 0.318. The highest BCUT2D eigenvalue weighted by Crippen LogP contribution is 2.26. The number of hydrogen-bond donors (Lipinski definition) is 2. The molecule has 0 aliphatic carbocycles. The highest BCUT2D eigenvalue weighted by atomic mass is 19.1. The topological polar surface area (TPSA) is 131 Å². The lowest BCUT2D eigenvalue weighted by molar-refractivity contribution is -0.136. The predicted molar refractivity (Wildman–Crippen MR) is 139 cm³/mol. The Morgan fingerprint density at radius 2 is 1.97 bits per heavy atom. The van der Waals surface area contributed by atoms with Gasteiger partial charge in [-0.3, -0.25) is 9.69 Å². The second kappa shape index (κ2) is 9.78. The SMILES string of the molecule is Nc1nc2c(ncn2CCN2CCN(c3ccc(CCC(=O)O)cc3F)CC2)c2cc(-c3ccco3)nn12. The number of fused-ring (bicyclic) bond motifs is 3. The van der Waals surface area contributed by atoms with Crippen molar-refractivity contribution in [2.24, 2.45) is 0 Å². The smallest absolute Gasteiger partial charge is 0.303 e. The second-order valence-corrected chi connectivity index (χ2v) is 9.39. The lowest BCUT2D eigenvalue weighted by atomic mass is 10.1. The van der Waals surface area contributed by atoms with E-state index >= 15 is 0 Å². The van der Waals surface area contributed by atoms with Crippen LogP contribution in [0.15, 0.2) is 53.4 Å². The number of halogens is 1. The van der Waals surface area contributed by atoms with Crippen LogP contribution in [-0.4, -0.2) is 72.8 Å². The summed E-state index contributed by atoms with van der Waals surface area (Å²) in [4.78, 5) is 24.3. The number of rotatable bonds is 8. The van der Waals surface area contributed by atoms with Crippen LogP contribution in [0, 0.1) is 5.82 Å². The van der Waals surface area contributed by atoms with Crippen molar-refractivity contribution in [2.75, 3.05) is 43.4 Å². The summed E-state index contributed by atoms with van der Waals surface area (Å²) in [6.45, 7) is 4.47. The van der Waals surface area contributed by atoms with Crippen LogP contribution < -0.4 is 10.6 Å². The molecule has 0 atom stereocenters. The molecule has 1 aliphatic rings. The first kappa shape index (κ1) is 23.9. The molecule has 1 fully saturated rings. The molecule has 6 rings (SSSR count). The maximum absolute atomic E-state index is 14.7. The van der Waals surface area contributed by atoms with E-state index in [0.717, 1.165) is 30.7 Å². The molecule has 5 heterocycles. The molecule has 4 aromatic heterocycles. The third kappa shape index (κ3) is 4.54. The average Bonchev–Trinajstić information content (AvgIpc) is 3.66. The molecular formula is C26H27FN8O3. The zero-order valence-corrected chi connectivity index (χ0v) is 20.6. The Labute approximate surface area is 216 Å². The number of piperazine rings is 1. The molecule has 0 amide bonds. The van der Waals surface area contributed by atoms with Gasteiger partial charge in [-0.05, 0) is 42.3 Å². The Morgan fingerprint density at radius 3 is 2.71 bits per heavy atom. The van der Waals surface area contributed by atoms with Crippen molar-refractivity contribution in [3.63, 3.8) is 0 Å².